The summed E-state index contributed by atoms with van der Waals surface area (Å²) in [7, 11) is 1.80. The van der Waals surface area contributed by atoms with Crippen molar-refractivity contribution in [1.29, 1.82) is 0 Å². The molecule has 1 aromatic carbocycles. The molecule has 6 nitrogen and oxygen atoms in total. The molecule has 6 heteroatoms. The Morgan fingerprint density at radius 1 is 1.21 bits per heavy atom. The normalized spacial score (nSPS) is 20.5. The Morgan fingerprint density at radius 3 is 2.71 bits per heavy atom. The van der Waals surface area contributed by atoms with Gasteiger partial charge in [-0.05, 0) is 19.3 Å². The molecule has 1 aliphatic carbocycles. The molecule has 1 aliphatic heterocycles. The van der Waals surface area contributed by atoms with Crippen molar-refractivity contribution < 1.29 is 14.1 Å². The molecule has 1 atom stereocenters. The number of amides is 2. The highest BCUT2D eigenvalue weighted by Gasteiger charge is 2.36. The van der Waals surface area contributed by atoms with Crippen LogP contribution in [0.2, 0.25) is 0 Å². The van der Waals surface area contributed by atoms with E-state index >= 15 is 0 Å². The van der Waals surface area contributed by atoms with Gasteiger partial charge in [-0.25, -0.2) is 0 Å². The van der Waals surface area contributed by atoms with E-state index in [1.807, 2.05) is 41.3 Å². The molecule has 0 unspecified atom stereocenters. The number of likely N-dealkylation sites (tertiary alicyclic amines) is 1. The van der Waals surface area contributed by atoms with Crippen molar-refractivity contribution in [3.05, 3.63) is 42.2 Å². The summed E-state index contributed by atoms with van der Waals surface area (Å²) in [4.78, 5) is 29.0. The van der Waals surface area contributed by atoms with Gasteiger partial charge in [-0.1, -0.05) is 48.3 Å². The molecule has 1 saturated heterocycles. The number of benzene rings is 1. The molecule has 2 heterocycles. The number of hydrogen-bond donors (Lipinski definition) is 0. The van der Waals surface area contributed by atoms with Crippen LogP contribution in [-0.2, 0) is 16.1 Å². The van der Waals surface area contributed by atoms with Gasteiger partial charge in [0.05, 0.1) is 12.5 Å². The van der Waals surface area contributed by atoms with E-state index in [-0.39, 0.29) is 17.7 Å². The minimum atomic E-state index is -0.125. The van der Waals surface area contributed by atoms with Crippen LogP contribution in [0, 0.1) is 5.92 Å². The smallest absolute Gasteiger partial charge is 0.227 e. The lowest BCUT2D eigenvalue weighted by Gasteiger charge is -2.37. The lowest BCUT2D eigenvalue weighted by Crippen LogP contribution is -2.49. The van der Waals surface area contributed by atoms with Gasteiger partial charge < -0.3 is 14.3 Å². The number of hydrogen-bond acceptors (Lipinski definition) is 4. The monoisotopic (exact) mass is 381 g/mol. The van der Waals surface area contributed by atoms with E-state index in [4.69, 9.17) is 4.52 Å². The average Bonchev–Trinajstić information content (AvgIpc) is 3.41. The minimum absolute atomic E-state index is 0.0770. The molecule has 2 amide bonds. The van der Waals surface area contributed by atoms with Crippen molar-refractivity contribution in [2.45, 2.75) is 51.1 Å². The van der Waals surface area contributed by atoms with Crippen LogP contribution in [0.5, 0.6) is 0 Å². The molecule has 1 aromatic heterocycles. The standard InChI is InChI=1S/C22H27N3O3/c1-24(15-19-13-20(23-28-19)16-7-3-2-4-8-16)22(27)17-11-12-21(26)25(14-17)18-9-5-6-10-18/h2-4,7-8,13,17-18H,5-6,9-12,14-15H2,1H3/t17-/m0/s1. The van der Waals surface area contributed by atoms with Gasteiger partial charge in [0.1, 0.15) is 5.69 Å². The van der Waals surface area contributed by atoms with Crippen LogP contribution in [0.4, 0.5) is 0 Å². The summed E-state index contributed by atoms with van der Waals surface area (Å²) in [5.41, 5.74) is 1.76. The van der Waals surface area contributed by atoms with Gasteiger partial charge >= 0.3 is 0 Å². The maximum absolute atomic E-state index is 13.0. The van der Waals surface area contributed by atoms with Gasteiger partial charge in [-0.2, -0.15) is 0 Å². The Labute approximate surface area is 165 Å². The zero-order chi connectivity index (χ0) is 19.5. The fourth-order valence-electron chi connectivity index (χ4n) is 4.40. The van der Waals surface area contributed by atoms with Crippen LogP contribution in [0.1, 0.15) is 44.3 Å². The van der Waals surface area contributed by atoms with Crippen molar-refractivity contribution in [1.82, 2.24) is 15.0 Å². The van der Waals surface area contributed by atoms with Crippen LogP contribution >= 0.6 is 0 Å². The summed E-state index contributed by atoms with van der Waals surface area (Å²) >= 11 is 0. The summed E-state index contributed by atoms with van der Waals surface area (Å²) in [6.07, 6.45) is 5.62. The predicted octanol–water partition coefficient (Wildman–Crippen LogP) is 3.48. The van der Waals surface area contributed by atoms with Crippen LogP contribution in [0.15, 0.2) is 40.9 Å². The van der Waals surface area contributed by atoms with Crippen molar-refractivity contribution in [2.24, 2.45) is 5.92 Å². The topological polar surface area (TPSA) is 66.7 Å². The highest BCUT2D eigenvalue weighted by molar-refractivity contribution is 5.84. The first-order valence-corrected chi connectivity index (χ1v) is 10.2. The molecule has 148 valence electrons. The van der Waals surface area contributed by atoms with E-state index in [2.05, 4.69) is 5.16 Å². The number of carbonyl (C=O) groups is 2. The number of rotatable bonds is 5. The van der Waals surface area contributed by atoms with E-state index in [1.165, 1.54) is 12.8 Å². The Kier molecular flexibility index (Phi) is 5.46. The molecule has 2 aromatic rings. The van der Waals surface area contributed by atoms with Crippen LogP contribution < -0.4 is 0 Å². The van der Waals surface area contributed by atoms with E-state index in [0.29, 0.717) is 37.7 Å². The molecule has 2 fully saturated rings. The fourth-order valence-corrected chi connectivity index (χ4v) is 4.40. The molecule has 0 bridgehead atoms. The zero-order valence-corrected chi connectivity index (χ0v) is 16.3. The van der Waals surface area contributed by atoms with Crippen LogP contribution in [-0.4, -0.2) is 46.4 Å². The molecule has 0 radical (unpaired) electrons. The third-order valence-corrected chi connectivity index (χ3v) is 5.96. The third kappa shape index (κ3) is 3.96. The Morgan fingerprint density at radius 2 is 1.96 bits per heavy atom. The second-order valence-corrected chi connectivity index (χ2v) is 7.96. The summed E-state index contributed by atoms with van der Waals surface area (Å²) in [5, 5.41) is 4.12. The van der Waals surface area contributed by atoms with E-state index in [0.717, 1.165) is 24.1 Å². The lowest BCUT2D eigenvalue weighted by molar-refractivity contribution is -0.144. The Bertz CT molecular complexity index is 827. The largest absolute Gasteiger partial charge is 0.359 e. The first kappa shape index (κ1) is 18.7. The number of piperidine rings is 1. The summed E-state index contributed by atoms with van der Waals surface area (Å²) in [6, 6.07) is 12.0. The second kappa shape index (κ2) is 8.17. The molecule has 0 N–H and O–H groups in total. The van der Waals surface area contributed by atoms with Gasteiger partial charge in [-0.15, -0.1) is 0 Å². The van der Waals surface area contributed by atoms with E-state index in [9.17, 15) is 9.59 Å². The van der Waals surface area contributed by atoms with E-state index < -0.39 is 0 Å². The van der Waals surface area contributed by atoms with Crippen molar-refractivity contribution in [3.8, 4) is 11.3 Å². The minimum Gasteiger partial charge on any atom is -0.359 e. The van der Waals surface area contributed by atoms with Crippen molar-refractivity contribution in [2.75, 3.05) is 13.6 Å². The van der Waals surface area contributed by atoms with Gasteiger partial charge in [0.2, 0.25) is 11.8 Å². The molecule has 1 saturated carbocycles. The average molecular weight is 381 g/mol. The summed E-state index contributed by atoms with van der Waals surface area (Å²) in [6.45, 7) is 0.935. The summed E-state index contributed by atoms with van der Waals surface area (Å²) in [5.74, 6) is 0.823. The predicted molar refractivity (Wildman–Crippen MR) is 105 cm³/mol. The van der Waals surface area contributed by atoms with Gasteiger partial charge in [0.15, 0.2) is 5.76 Å². The molecular weight excluding hydrogens is 354 g/mol. The highest BCUT2D eigenvalue weighted by Crippen LogP contribution is 2.29. The van der Waals surface area contributed by atoms with Gasteiger partial charge in [0.25, 0.3) is 0 Å². The zero-order valence-electron chi connectivity index (χ0n) is 16.3. The highest BCUT2D eigenvalue weighted by atomic mass is 16.5. The Hall–Kier alpha value is -2.63. The Balaban J connectivity index is 1.38. The molecule has 2 aliphatic rings. The third-order valence-electron chi connectivity index (χ3n) is 5.96. The number of nitrogens with zero attached hydrogens (tertiary/aromatic N) is 3. The van der Waals surface area contributed by atoms with Crippen LogP contribution in [0.3, 0.4) is 0 Å². The summed E-state index contributed by atoms with van der Waals surface area (Å²) < 4.78 is 5.44. The number of carbonyl (C=O) groups excluding carboxylic acids is 2. The molecule has 28 heavy (non-hydrogen) atoms. The van der Waals surface area contributed by atoms with Gasteiger partial charge in [-0.3, -0.25) is 9.59 Å². The van der Waals surface area contributed by atoms with Crippen LogP contribution in [0.25, 0.3) is 11.3 Å². The van der Waals surface area contributed by atoms with E-state index in [1.54, 1.807) is 11.9 Å². The second-order valence-electron chi connectivity index (χ2n) is 7.96. The number of aromatic nitrogens is 1. The first-order valence-electron chi connectivity index (χ1n) is 10.2. The maximum Gasteiger partial charge on any atom is 0.227 e. The molecule has 4 rings (SSSR count). The quantitative estimate of drug-likeness (QED) is 0.795. The maximum atomic E-state index is 13.0. The fraction of sp³-hybridized carbons (Fsp3) is 0.500. The van der Waals surface area contributed by atoms with Crippen molar-refractivity contribution >= 4 is 11.8 Å². The lowest BCUT2D eigenvalue weighted by atomic mass is 9.94. The molecular formula is C22H27N3O3. The first-order chi connectivity index (χ1) is 13.6. The SMILES string of the molecule is CN(Cc1cc(-c2ccccc2)no1)C(=O)[C@H]1CCC(=O)N(C2CCCC2)C1. The van der Waals surface area contributed by atoms with Crippen molar-refractivity contribution in [3.63, 3.8) is 0 Å². The molecule has 0 spiro atoms. The van der Waals surface area contributed by atoms with Gasteiger partial charge in [0, 0.05) is 37.7 Å².